The number of aliphatic imine (C=N–C) groups is 1. The number of benzene rings is 1. The number of piperidine rings is 1. The second-order valence-corrected chi connectivity index (χ2v) is 9.66. The van der Waals surface area contributed by atoms with Gasteiger partial charge in [-0.3, -0.25) is 20.0 Å². The van der Waals surface area contributed by atoms with Crippen molar-refractivity contribution in [3.05, 3.63) is 65.2 Å². The van der Waals surface area contributed by atoms with Gasteiger partial charge in [0.05, 0.1) is 13.2 Å². The van der Waals surface area contributed by atoms with Gasteiger partial charge < -0.3 is 9.64 Å². The third-order valence-corrected chi connectivity index (χ3v) is 7.14. The Kier molecular flexibility index (Phi) is 8.95. The number of hydrogen-bond acceptors (Lipinski definition) is 6. The molecule has 2 unspecified atom stereocenters. The van der Waals surface area contributed by atoms with Crippen molar-refractivity contribution in [1.82, 2.24) is 20.3 Å². The molecule has 1 fully saturated rings. The highest BCUT2D eigenvalue weighted by molar-refractivity contribution is 6.08. The lowest BCUT2D eigenvalue weighted by atomic mass is 9.87. The van der Waals surface area contributed by atoms with Crippen LogP contribution in [0.1, 0.15) is 55.8 Å². The Morgan fingerprint density at radius 2 is 1.82 bits per heavy atom. The number of hydrogen-bond donors (Lipinski definition) is 1. The smallest absolute Gasteiger partial charge is 0.362 e. The number of amides is 3. The molecule has 3 heterocycles. The highest BCUT2D eigenvalue weighted by atomic mass is 19.2. The van der Waals surface area contributed by atoms with Gasteiger partial charge in [-0.15, -0.1) is 0 Å². The predicted molar refractivity (Wildman–Crippen MR) is 135 cm³/mol. The van der Waals surface area contributed by atoms with Gasteiger partial charge >= 0.3 is 12.0 Å². The second kappa shape index (κ2) is 12.4. The fourth-order valence-corrected chi connectivity index (χ4v) is 5.13. The zero-order valence-electron chi connectivity index (χ0n) is 21.7. The summed E-state index contributed by atoms with van der Waals surface area (Å²) in [6.07, 6.45) is 4.26. The standard InChI is InChI=1S/C27H30F3N5O4/c1-16-23(26(37)39-2)25(18-14-19(28)24(30)20(29)15-18)35(27(38)32-16)33-22(36)7-5-11-34-12-8-17(9-13-34)21-6-3-4-10-31-21/h3-4,6,10,14-15,17,23,25H,5,7-9,11-13H2,1-2H3,(H,33,36). The molecular weight excluding hydrogens is 515 g/mol. The highest BCUT2D eigenvalue weighted by Gasteiger charge is 2.44. The fraction of sp³-hybridized carbons (Fsp3) is 0.444. The maximum absolute atomic E-state index is 14.1. The minimum atomic E-state index is -1.69. The number of rotatable bonds is 8. The Bertz CT molecular complexity index is 1230. The Morgan fingerprint density at radius 3 is 2.44 bits per heavy atom. The molecule has 0 aliphatic carbocycles. The molecule has 1 saturated heterocycles. The van der Waals surface area contributed by atoms with Crippen LogP contribution in [0.2, 0.25) is 0 Å². The van der Waals surface area contributed by atoms with E-state index in [1.165, 1.54) is 6.92 Å². The summed E-state index contributed by atoms with van der Waals surface area (Å²) in [5.41, 5.74) is 3.31. The molecule has 2 aliphatic heterocycles. The van der Waals surface area contributed by atoms with E-state index in [4.69, 9.17) is 4.74 Å². The summed E-state index contributed by atoms with van der Waals surface area (Å²) in [5.74, 6) is -6.96. The van der Waals surface area contributed by atoms with Gasteiger partial charge in [0.2, 0.25) is 5.91 Å². The number of nitrogens with one attached hydrogen (secondary N) is 1. The zero-order valence-corrected chi connectivity index (χ0v) is 21.7. The van der Waals surface area contributed by atoms with Crippen LogP contribution < -0.4 is 5.43 Å². The van der Waals surface area contributed by atoms with Crippen molar-refractivity contribution in [2.75, 3.05) is 26.7 Å². The van der Waals surface area contributed by atoms with Gasteiger partial charge in [0.15, 0.2) is 17.5 Å². The number of carbonyl (C=O) groups excluding carboxylic acids is 3. The number of esters is 1. The monoisotopic (exact) mass is 545 g/mol. The molecule has 12 heteroatoms. The second-order valence-electron chi connectivity index (χ2n) is 9.66. The van der Waals surface area contributed by atoms with E-state index in [-0.39, 0.29) is 17.7 Å². The largest absolute Gasteiger partial charge is 0.468 e. The molecular formula is C27H30F3N5O4. The minimum Gasteiger partial charge on any atom is -0.468 e. The summed E-state index contributed by atoms with van der Waals surface area (Å²) in [7, 11) is 1.11. The van der Waals surface area contributed by atoms with Crippen LogP contribution >= 0.6 is 0 Å². The molecule has 9 nitrogen and oxygen atoms in total. The van der Waals surface area contributed by atoms with Crippen LogP contribution in [-0.2, 0) is 14.3 Å². The van der Waals surface area contributed by atoms with Crippen LogP contribution in [0.25, 0.3) is 0 Å². The van der Waals surface area contributed by atoms with E-state index in [0.29, 0.717) is 31.0 Å². The number of hydrazine groups is 1. The third-order valence-electron chi connectivity index (χ3n) is 7.14. The Labute approximate surface area is 224 Å². The van der Waals surface area contributed by atoms with E-state index in [9.17, 15) is 27.6 Å². The number of halogens is 3. The topological polar surface area (TPSA) is 104 Å². The molecule has 0 radical (unpaired) electrons. The molecule has 4 rings (SSSR count). The average molecular weight is 546 g/mol. The average Bonchev–Trinajstić information content (AvgIpc) is 2.93. The van der Waals surface area contributed by atoms with E-state index < -0.39 is 47.3 Å². The number of nitrogens with zero attached hydrogens (tertiary/aromatic N) is 4. The van der Waals surface area contributed by atoms with Crippen molar-refractivity contribution in [1.29, 1.82) is 0 Å². The molecule has 2 atom stereocenters. The van der Waals surface area contributed by atoms with Gasteiger partial charge in [0.1, 0.15) is 5.92 Å². The number of aromatic nitrogens is 1. The first-order chi connectivity index (χ1) is 18.7. The Morgan fingerprint density at radius 1 is 1.13 bits per heavy atom. The van der Waals surface area contributed by atoms with Crippen LogP contribution in [0.5, 0.6) is 0 Å². The first-order valence-electron chi connectivity index (χ1n) is 12.7. The van der Waals surface area contributed by atoms with Gasteiger partial charge in [0, 0.05) is 29.9 Å². The van der Waals surface area contributed by atoms with Crippen molar-refractivity contribution >= 4 is 23.6 Å². The molecule has 39 heavy (non-hydrogen) atoms. The van der Waals surface area contributed by atoms with Gasteiger partial charge in [-0.25, -0.2) is 28.0 Å². The molecule has 3 amide bonds. The SMILES string of the molecule is COC(=O)C1C(C)=NC(=O)N(NC(=O)CCCN2CCC(c3ccccn3)CC2)C1c1cc(F)c(F)c(F)c1. The maximum Gasteiger partial charge on any atom is 0.362 e. The Balaban J connectivity index is 1.40. The highest BCUT2D eigenvalue weighted by Crippen LogP contribution is 2.35. The molecule has 0 bridgehead atoms. The molecule has 2 aromatic rings. The van der Waals surface area contributed by atoms with Crippen molar-refractivity contribution in [2.45, 2.75) is 44.6 Å². The summed E-state index contributed by atoms with van der Waals surface area (Å²) in [6, 6.07) is 4.92. The molecule has 1 aromatic carbocycles. The number of methoxy groups -OCH3 is 1. The molecule has 1 N–H and O–H groups in total. The van der Waals surface area contributed by atoms with Crippen LogP contribution in [0.4, 0.5) is 18.0 Å². The van der Waals surface area contributed by atoms with E-state index >= 15 is 0 Å². The van der Waals surface area contributed by atoms with Crippen LogP contribution in [0, 0.1) is 23.4 Å². The van der Waals surface area contributed by atoms with Crippen LogP contribution in [0.3, 0.4) is 0 Å². The first-order valence-corrected chi connectivity index (χ1v) is 12.7. The van der Waals surface area contributed by atoms with Crippen molar-refractivity contribution < 1.29 is 32.3 Å². The van der Waals surface area contributed by atoms with E-state index in [2.05, 4.69) is 20.3 Å². The van der Waals surface area contributed by atoms with Crippen molar-refractivity contribution in [3.8, 4) is 0 Å². The third kappa shape index (κ3) is 6.44. The summed E-state index contributed by atoms with van der Waals surface area (Å²) in [6.45, 7) is 3.78. The number of ether oxygens (including phenoxy) is 1. The zero-order chi connectivity index (χ0) is 28.1. The Hall–Kier alpha value is -3.80. The van der Waals surface area contributed by atoms with Crippen LogP contribution in [-0.4, -0.2) is 65.3 Å². The van der Waals surface area contributed by atoms with E-state index in [1.54, 1.807) is 6.20 Å². The summed E-state index contributed by atoms with van der Waals surface area (Å²) >= 11 is 0. The van der Waals surface area contributed by atoms with Crippen molar-refractivity contribution in [3.63, 3.8) is 0 Å². The lowest BCUT2D eigenvalue weighted by Crippen LogP contribution is -2.54. The summed E-state index contributed by atoms with van der Waals surface area (Å²) < 4.78 is 46.6. The van der Waals surface area contributed by atoms with Gasteiger partial charge in [-0.2, -0.15) is 0 Å². The summed E-state index contributed by atoms with van der Waals surface area (Å²) in [5, 5.41) is 0.751. The van der Waals surface area contributed by atoms with Crippen LogP contribution in [0.15, 0.2) is 41.5 Å². The molecule has 208 valence electrons. The normalized spacial score (nSPS) is 20.5. The molecule has 1 aromatic heterocycles. The minimum absolute atomic E-state index is 0.0293. The number of urea groups is 1. The van der Waals surface area contributed by atoms with Crippen molar-refractivity contribution in [2.24, 2.45) is 10.9 Å². The van der Waals surface area contributed by atoms with E-state index in [0.717, 1.165) is 43.7 Å². The number of carbonyl (C=O) groups is 3. The fourth-order valence-electron chi connectivity index (χ4n) is 5.13. The van der Waals surface area contributed by atoms with E-state index in [1.807, 2.05) is 18.2 Å². The van der Waals surface area contributed by atoms with Gasteiger partial charge in [-0.05, 0) is 75.6 Å². The number of pyridine rings is 1. The molecule has 0 spiro atoms. The number of likely N-dealkylation sites (tertiary alicyclic amines) is 1. The van der Waals surface area contributed by atoms with Gasteiger partial charge in [0.25, 0.3) is 0 Å². The molecule has 0 saturated carbocycles. The predicted octanol–water partition coefficient (Wildman–Crippen LogP) is 3.92. The first kappa shape index (κ1) is 28.2. The maximum atomic E-state index is 14.1. The summed E-state index contributed by atoms with van der Waals surface area (Å²) in [4.78, 5) is 48.7. The van der Waals surface area contributed by atoms with Gasteiger partial charge in [-0.1, -0.05) is 6.07 Å². The quantitative estimate of drug-likeness (QED) is 0.399. The molecule has 2 aliphatic rings. The lowest BCUT2D eigenvalue weighted by molar-refractivity contribution is -0.146. The lowest BCUT2D eigenvalue weighted by Gasteiger charge is -2.38.